The molecule has 0 aromatic rings. The summed E-state index contributed by atoms with van der Waals surface area (Å²) in [6.45, 7) is 3.44. The number of nitrogens with two attached hydrogens (primary N) is 1. The Kier molecular flexibility index (Phi) is 4.16. The lowest BCUT2D eigenvalue weighted by Gasteiger charge is -2.32. The standard InChI is InChI=1S/C10H17F3N2/c1-8(2-5-14)15-6-3-9(4-7-15)10(11,12)13/h3,8H,2,4-7,14H2,1H3. The van der Waals surface area contributed by atoms with Crippen molar-refractivity contribution < 1.29 is 13.2 Å². The molecule has 0 saturated heterocycles. The van der Waals surface area contributed by atoms with Crippen molar-refractivity contribution in [3.05, 3.63) is 11.6 Å². The fourth-order valence-corrected chi connectivity index (χ4v) is 1.77. The molecule has 0 bridgehead atoms. The fraction of sp³-hybridized carbons (Fsp3) is 0.800. The summed E-state index contributed by atoms with van der Waals surface area (Å²) in [4.78, 5) is 2.03. The van der Waals surface area contributed by atoms with E-state index in [-0.39, 0.29) is 12.5 Å². The molecule has 1 unspecified atom stereocenters. The van der Waals surface area contributed by atoms with Crippen molar-refractivity contribution in [3.63, 3.8) is 0 Å². The summed E-state index contributed by atoms with van der Waals surface area (Å²) in [5.41, 5.74) is 5.02. The highest BCUT2D eigenvalue weighted by Gasteiger charge is 2.35. The minimum atomic E-state index is -4.15. The van der Waals surface area contributed by atoms with Crippen LogP contribution in [0.5, 0.6) is 0 Å². The molecule has 2 N–H and O–H groups in total. The molecule has 0 radical (unpaired) electrons. The molecule has 0 fully saturated rings. The zero-order chi connectivity index (χ0) is 11.5. The first-order chi connectivity index (χ1) is 6.95. The van der Waals surface area contributed by atoms with Crippen molar-refractivity contribution in [1.82, 2.24) is 4.90 Å². The third kappa shape index (κ3) is 3.50. The minimum absolute atomic E-state index is 0.0956. The number of alkyl halides is 3. The lowest BCUT2D eigenvalue weighted by Crippen LogP contribution is -2.39. The van der Waals surface area contributed by atoms with Gasteiger partial charge in [0.15, 0.2) is 0 Å². The van der Waals surface area contributed by atoms with E-state index < -0.39 is 11.7 Å². The first-order valence-electron chi connectivity index (χ1n) is 5.15. The number of hydrogen-bond acceptors (Lipinski definition) is 2. The molecule has 0 amide bonds. The number of halogens is 3. The Labute approximate surface area is 87.9 Å². The highest BCUT2D eigenvalue weighted by Crippen LogP contribution is 2.30. The summed E-state index contributed by atoms with van der Waals surface area (Å²) in [6, 6.07) is 0.265. The normalized spacial score (nSPS) is 21.3. The second-order valence-electron chi connectivity index (χ2n) is 3.90. The van der Waals surface area contributed by atoms with E-state index in [1.165, 1.54) is 6.08 Å². The monoisotopic (exact) mass is 222 g/mol. The van der Waals surface area contributed by atoms with Crippen molar-refractivity contribution in [2.45, 2.75) is 32.0 Å². The van der Waals surface area contributed by atoms with Crippen molar-refractivity contribution in [3.8, 4) is 0 Å². The van der Waals surface area contributed by atoms with Gasteiger partial charge in [-0.2, -0.15) is 13.2 Å². The SMILES string of the molecule is CC(CCN)N1CC=C(C(F)(F)F)CC1. The van der Waals surface area contributed by atoms with Crippen molar-refractivity contribution >= 4 is 0 Å². The largest absolute Gasteiger partial charge is 0.412 e. The third-order valence-corrected chi connectivity index (χ3v) is 2.81. The van der Waals surface area contributed by atoms with Crippen LogP contribution in [0.1, 0.15) is 19.8 Å². The van der Waals surface area contributed by atoms with Crippen LogP contribution in [0.2, 0.25) is 0 Å². The van der Waals surface area contributed by atoms with Gasteiger partial charge >= 0.3 is 6.18 Å². The average molecular weight is 222 g/mol. The topological polar surface area (TPSA) is 29.3 Å². The van der Waals surface area contributed by atoms with E-state index in [1.54, 1.807) is 0 Å². The van der Waals surface area contributed by atoms with E-state index >= 15 is 0 Å². The number of rotatable bonds is 3. The van der Waals surface area contributed by atoms with Gasteiger partial charge in [-0.05, 0) is 26.3 Å². The second-order valence-corrected chi connectivity index (χ2v) is 3.90. The molecule has 1 rings (SSSR count). The smallest absolute Gasteiger partial charge is 0.330 e. The summed E-state index contributed by atoms with van der Waals surface area (Å²) < 4.78 is 36.9. The van der Waals surface area contributed by atoms with Gasteiger partial charge in [0.2, 0.25) is 0 Å². The van der Waals surface area contributed by atoms with Crippen LogP contribution in [0.3, 0.4) is 0 Å². The zero-order valence-electron chi connectivity index (χ0n) is 8.85. The second kappa shape index (κ2) is 4.99. The predicted octanol–water partition coefficient (Wildman–Crippen LogP) is 1.92. The Morgan fingerprint density at radius 3 is 2.60 bits per heavy atom. The fourth-order valence-electron chi connectivity index (χ4n) is 1.77. The quantitative estimate of drug-likeness (QED) is 0.739. The first-order valence-corrected chi connectivity index (χ1v) is 5.15. The lowest BCUT2D eigenvalue weighted by atomic mass is 10.1. The Morgan fingerprint density at radius 1 is 1.53 bits per heavy atom. The summed E-state index contributed by atoms with van der Waals surface area (Å²) in [7, 11) is 0. The number of hydrogen-bond donors (Lipinski definition) is 1. The molecule has 88 valence electrons. The molecule has 0 saturated carbocycles. The van der Waals surface area contributed by atoms with Gasteiger partial charge in [0.25, 0.3) is 0 Å². The molecule has 15 heavy (non-hydrogen) atoms. The van der Waals surface area contributed by atoms with E-state index in [4.69, 9.17) is 5.73 Å². The van der Waals surface area contributed by atoms with E-state index in [1.807, 2.05) is 11.8 Å². The van der Waals surface area contributed by atoms with Gasteiger partial charge in [0.05, 0.1) is 0 Å². The van der Waals surface area contributed by atoms with E-state index in [2.05, 4.69) is 0 Å². The van der Waals surface area contributed by atoms with Gasteiger partial charge in [-0.15, -0.1) is 0 Å². The maximum Gasteiger partial charge on any atom is 0.412 e. The molecular formula is C10H17F3N2. The molecule has 5 heteroatoms. The highest BCUT2D eigenvalue weighted by atomic mass is 19.4. The molecule has 0 aliphatic carbocycles. The molecular weight excluding hydrogens is 205 g/mol. The maximum absolute atomic E-state index is 12.3. The average Bonchev–Trinajstić information content (AvgIpc) is 2.17. The summed E-state index contributed by atoms with van der Waals surface area (Å²) in [5, 5.41) is 0. The Hall–Kier alpha value is -0.550. The molecule has 1 heterocycles. The third-order valence-electron chi connectivity index (χ3n) is 2.81. The van der Waals surface area contributed by atoms with E-state index in [9.17, 15) is 13.2 Å². The van der Waals surface area contributed by atoms with Gasteiger partial charge in [0, 0.05) is 24.7 Å². The van der Waals surface area contributed by atoms with E-state index in [0.29, 0.717) is 19.6 Å². The van der Waals surface area contributed by atoms with Crippen LogP contribution in [0.25, 0.3) is 0 Å². The summed E-state index contributed by atoms with van der Waals surface area (Å²) in [5.74, 6) is 0. The minimum Gasteiger partial charge on any atom is -0.330 e. The van der Waals surface area contributed by atoms with Crippen LogP contribution < -0.4 is 5.73 Å². The first kappa shape index (κ1) is 12.5. The van der Waals surface area contributed by atoms with Crippen LogP contribution in [-0.2, 0) is 0 Å². The molecule has 0 spiro atoms. The van der Waals surface area contributed by atoms with Gasteiger partial charge in [-0.3, -0.25) is 4.90 Å². The van der Waals surface area contributed by atoms with Crippen LogP contribution in [0.4, 0.5) is 13.2 Å². The van der Waals surface area contributed by atoms with Crippen molar-refractivity contribution in [2.75, 3.05) is 19.6 Å². The van der Waals surface area contributed by atoms with Crippen molar-refractivity contribution in [2.24, 2.45) is 5.73 Å². The molecule has 0 aromatic heterocycles. The molecule has 1 aliphatic heterocycles. The maximum atomic E-state index is 12.3. The van der Waals surface area contributed by atoms with Crippen LogP contribution in [0, 0.1) is 0 Å². The van der Waals surface area contributed by atoms with Crippen LogP contribution >= 0.6 is 0 Å². The van der Waals surface area contributed by atoms with Crippen LogP contribution in [-0.4, -0.2) is 36.8 Å². The van der Waals surface area contributed by atoms with E-state index in [0.717, 1.165) is 6.42 Å². The Balaban J connectivity index is 2.51. The predicted molar refractivity (Wildman–Crippen MR) is 53.5 cm³/mol. The van der Waals surface area contributed by atoms with Crippen LogP contribution in [0.15, 0.2) is 11.6 Å². The molecule has 0 aromatic carbocycles. The summed E-state index contributed by atoms with van der Waals surface area (Å²) in [6.07, 6.45) is -1.94. The molecule has 2 nitrogen and oxygen atoms in total. The zero-order valence-corrected chi connectivity index (χ0v) is 8.85. The highest BCUT2D eigenvalue weighted by molar-refractivity contribution is 5.13. The Morgan fingerprint density at radius 2 is 2.20 bits per heavy atom. The molecule has 1 atom stereocenters. The van der Waals surface area contributed by atoms with Gasteiger partial charge in [0.1, 0.15) is 0 Å². The van der Waals surface area contributed by atoms with Gasteiger partial charge < -0.3 is 5.73 Å². The van der Waals surface area contributed by atoms with Crippen molar-refractivity contribution in [1.29, 1.82) is 0 Å². The van der Waals surface area contributed by atoms with Gasteiger partial charge in [-0.1, -0.05) is 6.08 Å². The Bertz CT molecular complexity index is 235. The molecule has 1 aliphatic rings. The number of nitrogens with zero attached hydrogens (tertiary/aromatic N) is 1. The summed E-state index contributed by atoms with van der Waals surface area (Å²) >= 11 is 0. The van der Waals surface area contributed by atoms with Gasteiger partial charge in [-0.25, -0.2) is 0 Å². The lowest BCUT2D eigenvalue weighted by molar-refractivity contribution is -0.0963.